The Labute approximate surface area is 150 Å². The van der Waals surface area contributed by atoms with Gasteiger partial charge in [-0.05, 0) is 56.3 Å². The second kappa shape index (κ2) is 6.85. The van der Waals surface area contributed by atoms with Crippen LogP contribution in [0.2, 0.25) is 0 Å². The molecule has 3 aliphatic rings. The monoisotopic (exact) mass is 374 g/mol. The molecule has 0 radical (unpaired) electrons. The third kappa shape index (κ3) is 3.88. The molecule has 0 bridgehead atoms. The first kappa shape index (κ1) is 19.2. The molecule has 1 saturated heterocycles. The van der Waals surface area contributed by atoms with E-state index in [4.69, 9.17) is 0 Å². The Bertz CT molecular complexity index is 589. The molecule has 0 atom stereocenters. The summed E-state index contributed by atoms with van der Waals surface area (Å²) in [5, 5.41) is 0. The molecule has 0 N–H and O–H groups in total. The molecule has 1 aliphatic heterocycles. The average Bonchev–Trinajstić information content (AvgIpc) is 2.50. The van der Waals surface area contributed by atoms with Gasteiger partial charge < -0.3 is 0 Å². The number of hydrogen-bond acceptors (Lipinski definition) is 3. The van der Waals surface area contributed by atoms with Crippen molar-refractivity contribution in [2.24, 2.45) is 11.3 Å². The first-order chi connectivity index (χ1) is 12.1. The van der Waals surface area contributed by atoms with Crippen LogP contribution >= 0.6 is 0 Å². The molecule has 3 rings (SSSR count). The summed E-state index contributed by atoms with van der Waals surface area (Å²) in [5.41, 5.74) is 0.347. The van der Waals surface area contributed by atoms with Gasteiger partial charge in [0.15, 0.2) is 0 Å². The van der Waals surface area contributed by atoms with Crippen LogP contribution in [-0.4, -0.2) is 46.4 Å². The molecule has 146 valence electrons. The zero-order chi connectivity index (χ0) is 19.1. The van der Waals surface area contributed by atoms with Crippen molar-refractivity contribution in [3.63, 3.8) is 0 Å². The van der Waals surface area contributed by atoms with Crippen LogP contribution in [-0.2, 0) is 9.59 Å². The molecule has 2 saturated carbocycles. The minimum absolute atomic E-state index is 0.241. The number of carbonyl (C=O) groups excluding carboxylic acids is 3. The maximum atomic E-state index is 12.6. The third-order valence-electron chi connectivity index (χ3n) is 6.10. The third-order valence-corrected chi connectivity index (χ3v) is 6.10. The highest BCUT2D eigenvalue weighted by atomic mass is 19.4. The number of amides is 4. The summed E-state index contributed by atoms with van der Waals surface area (Å²) in [6.07, 6.45) is -0.429. The molecule has 2 aliphatic carbocycles. The van der Waals surface area contributed by atoms with E-state index >= 15 is 0 Å². The normalized spacial score (nSPS) is 33.0. The molecule has 0 unspecified atom stereocenters. The van der Waals surface area contributed by atoms with E-state index in [9.17, 15) is 27.6 Å². The molecule has 1 spiro atoms. The highest BCUT2D eigenvalue weighted by molar-refractivity contribution is 6.14. The fourth-order valence-electron chi connectivity index (χ4n) is 4.97. The lowest BCUT2D eigenvalue weighted by Gasteiger charge is -2.52. The number of alkyl halides is 3. The van der Waals surface area contributed by atoms with Gasteiger partial charge in [0.25, 0.3) is 0 Å². The van der Waals surface area contributed by atoms with Gasteiger partial charge in [-0.1, -0.05) is 6.92 Å². The van der Waals surface area contributed by atoms with Crippen LogP contribution in [0.4, 0.5) is 18.0 Å². The van der Waals surface area contributed by atoms with E-state index < -0.39 is 36.9 Å². The summed E-state index contributed by atoms with van der Waals surface area (Å²) in [6.45, 7) is 1.93. The molecule has 0 aromatic rings. The number of rotatable bonds is 4. The molecule has 8 heteroatoms. The Balaban J connectivity index is 1.60. The molecule has 0 aromatic carbocycles. The van der Waals surface area contributed by atoms with E-state index in [0.29, 0.717) is 5.41 Å². The predicted molar refractivity (Wildman–Crippen MR) is 86.9 cm³/mol. The van der Waals surface area contributed by atoms with Crippen molar-refractivity contribution in [1.82, 2.24) is 9.80 Å². The summed E-state index contributed by atoms with van der Waals surface area (Å²) in [6, 6.07) is -0.980. The van der Waals surface area contributed by atoms with Crippen LogP contribution in [0.1, 0.15) is 64.7 Å². The van der Waals surface area contributed by atoms with Gasteiger partial charge in [0.2, 0.25) is 11.8 Å². The van der Waals surface area contributed by atoms with Crippen molar-refractivity contribution in [2.45, 2.75) is 76.9 Å². The van der Waals surface area contributed by atoms with Crippen LogP contribution in [0.5, 0.6) is 0 Å². The van der Waals surface area contributed by atoms with E-state index in [2.05, 4.69) is 6.92 Å². The van der Waals surface area contributed by atoms with Crippen LogP contribution in [0, 0.1) is 11.3 Å². The summed E-state index contributed by atoms with van der Waals surface area (Å²) in [4.78, 5) is 38.8. The Hall–Kier alpha value is -1.60. The zero-order valence-corrected chi connectivity index (χ0v) is 15.0. The lowest BCUT2D eigenvalue weighted by molar-refractivity contribution is -0.148. The smallest absolute Gasteiger partial charge is 0.274 e. The van der Waals surface area contributed by atoms with Gasteiger partial charge in [-0.25, -0.2) is 4.79 Å². The van der Waals surface area contributed by atoms with Crippen LogP contribution in [0.25, 0.3) is 0 Å². The Morgan fingerprint density at radius 1 is 1.08 bits per heavy atom. The van der Waals surface area contributed by atoms with Gasteiger partial charge in [0.05, 0.1) is 0 Å². The number of halogens is 3. The summed E-state index contributed by atoms with van der Waals surface area (Å²) in [7, 11) is 0. The second-order valence-electron chi connectivity index (χ2n) is 8.23. The summed E-state index contributed by atoms with van der Waals surface area (Å²) < 4.78 is 37.0. The van der Waals surface area contributed by atoms with E-state index in [1.54, 1.807) is 0 Å². The lowest BCUT2D eigenvalue weighted by atomic mass is 9.56. The summed E-state index contributed by atoms with van der Waals surface area (Å²) >= 11 is 0. The van der Waals surface area contributed by atoms with Gasteiger partial charge in [0.1, 0.15) is 6.42 Å². The van der Waals surface area contributed by atoms with Crippen LogP contribution < -0.4 is 0 Å². The van der Waals surface area contributed by atoms with Crippen molar-refractivity contribution in [2.75, 3.05) is 6.54 Å². The minimum Gasteiger partial charge on any atom is -0.274 e. The number of hydrogen-bond donors (Lipinski definition) is 0. The molecular formula is C18H25F3N2O3. The van der Waals surface area contributed by atoms with Crippen molar-refractivity contribution >= 4 is 17.8 Å². The Morgan fingerprint density at radius 2 is 1.69 bits per heavy atom. The van der Waals surface area contributed by atoms with Crippen LogP contribution in [0.3, 0.4) is 0 Å². The number of barbiturate groups is 1. The molecule has 4 amide bonds. The zero-order valence-electron chi connectivity index (χ0n) is 15.0. The van der Waals surface area contributed by atoms with E-state index in [-0.39, 0.29) is 19.0 Å². The maximum Gasteiger partial charge on any atom is 0.389 e. The molecule has 5 nitrogen and oxygen atoms in total. The van der Waals surface area contributed by atoms with Gasteiger partial charge >= 0.3 is 12.2 Å². The molecular weight excluding hydrogens is 349 g/mol. The van der Waals surface area contributed by atoms with Gasteiger partial charge in [0, 0.05) is 19.0 Å². The van der Waals surface area contributed by atoms with E-state index in [1.165, 1.54) is 12.8 Å². The molecule has 3 fully saturated rings. The first-order valence-corrected chi connectivity index (χ1v) is 9.33. The second-order valence-corrected chi connectivity index (χ2v) is 8.23. The van der Waals surface area contributed by atoms with Gasteiger partial charge in [-0.3, -0.25) is 19.4 Å². The lowest BCUT2D eigenvalue weighted by Crippen LogP contribution is -2.59. The fraction of sp³-hybridized carbons (Fsp3) is 0.833. The Kier molecular flexibility index (Phi) is 5.05. The molecule has 0 aromatic heterocycles. The SMILES string of the molecule is CC1CC2(CCC(N3C(=O)CC(=O)N(CCCC(F)(F)F)C3=O)CC2)C1. The van der Waals surface area contributed by atoms with Gasteiger partial charge in [-0.2, -0.15) is 13.2 Å². The topological polar surface area (TPSA) is 57.7 Å². The van der Waals surface area contributed by atoms with E-state index in [1.807, 2.05) is 0 Å². The van der Waals surface area contributed by atoms with Crippen LogP contribution in [0.15, 0.2) is 0 Å². The van der Waals surface area contributed by atoms with Gasteiger partial charge in [-0.15, -0.1) is 0 Å². The number of nitrogens with zero attached hydrogens (tertiary/aromatic N) is 2. The van der Waals surface area contributed by atoms with E-state index in [0.717, 1.165) is 41.4 Å². The molecule has 1 heterocycles. The number of imide groups is 2. The highest BCUT2D eigenvalue weighted by Crippen LogP contribution is 2.55. The first-order valence-electron chi connectivity index (χ1n) is 9.33. The van der Waals surface area contributed by atoms with Crippen molar-refractivity contribution in [3.05, 3.63) is 0 Å². The summed E-state index contributed by atoms with van der Waals surface area (Å²) in [5.74, 6) is -0.486. The van der Waals surface area contributed by atoms with Crippen molar-refractivity contribution in [1.29, 1.82) is 0 Å². The minimum atomic E-state index is -4.32. The quantitative estimate of drug-likeness (QED) is 0.702. The predicted octanol–water partition coefficient (Wildman–Crippen LogP) is 3.87. The maximum absolute atomic E-state index is 12.6. The molecule has 26 heavy (non-hydrogen) atoms. The number of urea groups is 1. The van der Waals surface area contributed by atoms with Crippen molar-refractivity contribution in [3.8, 4) is 0 Å². The highest BCUT2D eigenvalue weighted by Gasteiger charge is 2.48. The van der Waals surface area contributed by atoms with Crippen molar-refractivity contribution < 1.29 is 27.6 Å². The fourth-order valence-corrected chi connectivity index (χ4v) is 4.97. The largest absolute Gasteiger partial charge is 0.389 e. The average molecular weight is 374 g/mol. The number of carbonyl (C=O) groups is 3. The standard InChI is InChI=1S/C18H25F3N2O3/c1-12-10-17(11-12)6-3-13(4-7-17)23-15(25)9-14(24)22(16(23)26)8-2-5-18(19,20)21/h12-13H,2-11H2,1H3. The Morgan fingerprint density at radius 3 is 2.23 bits per heavy atom.